The second-order valence-corrected chi connectivity index (χ2v) is 5.63. The van der Waals surface area contributed by atoms with E-state index in [-0.39, 0.29) is 5.41 Å². The van der Waals surface area contributed by atoms with Crippen LogP contribution in [0.25, 0.3) is 10.7 Å². The molecule has 1 unspecified atom stereocenters. The Morgan fingerprint density at radius 1 is 1.56 bits per heavy atom. The Balaban J connectivity index is 1.92. The maximum Gasteiger partial charge on any atom is 0.234 e. The summed E-state index contributed by atoms with van der Waals surface area (Å²) in [5, 5.41) is 7.49. The van der Waals surface area contributed by atoms with Crippen LogP contribution in [0.3, 0.4) is 0 Å². The highest BCUT2D eigenvalue weighted by molar-refractivity contribution is 7.13. The standard InChI is InChI=1S/C12H16N4OS/c1-2-3-12(4-5-13-7-12)11-15-10(16-17-11)9-6-14-8-18-9/h6,8,13H,2-5,7H2,1H3. The van der Waals surface area contributed by atoms with E-state index >= 15 is 0 Å². The molecular formula is C12H16N4OS. The van der Waals surface area contributed by atoms with Gasteiger partial charge < -0.3 is 9.84 Å². The fraction of sp³-hybridized carbons (Fsp3) is 0.583. The van der Waals surface area contributed by atoms with Crippen LogP contribution in [-0.4, -0.2) is 28.2 Å². The Kier molecular flexibility index (Phi) is 3.13. The molecule has 96 valence electrons. The van der Waals surface area contributed by atoms with Crippen molar-refractivity contribution in [1.82, 2.24) is 20.4 Å². The third-order valence-corrected chi connectivity index (χ3v) is 4.27. The lowest BCUT2D eigenvalue weighted by atomic mass is 9.82. The fourth-order valence-electron chi connectivity index (χ4n) is 2.59. The highest BCUT2D eigenvalue weighted by atomic mass is 32.1. The van der Waals surface area contributed by atoms with E-state index in [1.807, 2.05) is 0 Å². The molecule has 1 N–H and O–H groups in total. The summed E-state index contributed by atoms with van der Waals surface area (Å²) in [7, 11) is 0. The number of hydrogen-bond acceptors (Lipinski definition) is 6. The van der Waals surface area contributed by atoms with Crippen LogP contribution in [0.1, 0.15) is 32.1 Å². The topological polar surface area (TPSA) is 63.8 Å². The highest BCUT2D eigenvalue weighted by Crippen LogP contribution is 2.35. The van der Waals surface area contributed by atoms with E-state index < -0.39 is 0 Å². The highest BCUT2D eigenvalue weighted by Gasteiger charge is 2.40. The molecule has 0 aromatic carbocycles. The smallest absolute Gasteiger partial charge is 0.234 e. The Morgan fingerprint density at radius 2 is 2.50 bits per heavy atom. The lowest BCUT2D eigenvalue weighted by Crippen LogP contribution is -2.29. The molecule has 2 aromatic rings. The van der Waals surface area contributed by atoms with Gasteiger partial charge in [0.2, 0.25) is 11.7 Å². The van der Waals surface area contributed by atoms with Gasteiger partial charge in [-0.3, -0.25) is 4.98 Å². The van der Waals surface area contributed by atoms with E-state index in [1.54, 1.807) is 11.7 Å². The molecule has 0 aliphatic carbocycles. The third-order valence-electron chi connectivity index (χ3n) is 3.50. The second kappa shape index (κ2) is 4.78. The predicted octanol–water partition coefficient (Wildman–Crippen LogP) is 2.22. The van der Waals surface area contributed by atoms with Crippen LogP contribution in [0.15, 0.2) is 16.2 Å². The van der Waals surface area contributed by atoms with Crippen LogP contribution in [0.4, 0.5) is 0 Å². The SMILES string of the molecule is CCCC1(c2nc(-c3cncs3)no2)CCNC1. The molecule has 0 amide bonds. The minimum atomic E-state index is 0.0324. The van der Waals surface area contributed by atoms with Gasteiger partial charge >= 0.3 is 0 Å². The quantitative estimate of drug-likeness (QED) is 0.917. The maximum atomic E-state index is 5.51. The molecule has 3 heterocycles. The van der Waals surface area contributed by atoms with Crippen molar-refractivity contribution < 1.29 is 4.52 Å². The van der Waals surface area contributed by atoms with Crippen molar-refractivity contribution in [2.24, 2.45) is 0 Å². The predicted molar refractivity (Wildman–Crippen MR) is 69.5 cm³/mol. The number of aromatic nitrogens is 3. The Bertz CT molecular complexity index is 502. The van der Waals surface area contributed by atoms with E-state index in [9.17, 15) is 0 Å². The minimum absolute atomic E-state index is 0.0324. The maximum absolute atomic E-state index is 5.51. The molecule has 1 atom stereocenters. The van der Waals surface area contributed by atoms with Crippen molar-refractivity contribution in [3.63, 3.8) is 0 Å². The zero-order valence-electron chi connectivity index (χ0n) is 10.3. The molecule has 3 rings (SSSR count). The van der Waals surface area contributed by atoms with Gasteiger partial charge in [0.05, 0.1) is 15.8 Å². The molecule has 0 saturated carbocycles. The lowest BCUT2D eigenvalue weighted by molar-refractivity contribution is 0.277. The summed E-state index contributed by atoms with van der Waals surface area (Å²) in [5.41, 5.74) is 1.81. The van der Waals surface area contributed by atoms with Gasteiger partial charge in [-0.15, -0.1) is 11.3 Å². The van der Waals surface area contributed by atoms with Gasteiger partial charge in [0, 0.05) is 12.7 Å². The molecule has 1 saturated heterocycles. The monoisotopic (exact) mass is 264 g/mol. The number of nitrogens with one attached hydrogen (secondary N) is 1. The van der Waals surface area contributed by atoms with Crippen molar-refractivity contribution in [2.45, 2.75) is 31.6 Å². The Hall–Kier alpha value is -1.27. The van der Waals surface area contributed by atoms with Crippen molar-refractivity contribution in [1.29, 1.82) is 0 Å². The van der Waals surface area contributed by atoms with Crippen LogP contribution < -0.4 is 5.32 Å². The molecule has 2 aromatic heterocycles. The van der Waals surface area contributed by atoms with Crippen LogP contribution in [-0.2, 0) is 5.41 Å². The van der Waals surface area contributed by atoms with Crippen molar-refractivity contribution in [3.8, 4) is 10.7 Å². The molecule has 6 heteroatoms. The van der Waals surface area contributed by atoms with Gasteiger partial charge in [0.15, 0.2) is 0 Å². The van der Waals surface area contributed by atoms with Gasteiger partial charge in [0.1, 0.15) is 0 Å². The third kappa shape index (κ3) is 1.95. The zero-order chi connectivity index (χ0) is 12.4. The normalized spacial score (nSPS) is 23.6. The lowest BCUT2D eigenvalue weighted by Gasteiger charge is -2.22. The first-order chi connectivity index (χ1) is 8.84. The molecule has 18 heavy (non-hydrogen) atoms. The molecule has 1 aliphatic heterocycles. The summed E-state index contributed by atoms with van der Waals surface area (Å²) >= 11 is 1.53. The average Bonchev–Trinajstić information content (AvgIpc) is 3.11. The minimum Gasteiger partial charge on any atom is -0.338 e. The summed E-state index contributed by atoms with van der Waals surface area (Å²) in [6.07, 6.45) is 5.06. The Morgan fingerprint density at radius 3 is 3.17 bits per heavy atom. The fourth-order valence-corrected chi connectivity index (χ4v) is 3.14. The van der Waals surface area contributed by atoms with Crippen LogP contribution >= 0.6 is 11.3 Å². The summed E-state index contributed by atoms with van der Waals surface area (Å²) in [6.45, 7) is 4.16. The van der Waals surface area contributed by atoms with Crippen molar-refractivity contribution >= 4 is 11.3 Å². The summed E-state index contributed by atoms with van der Waals surface area (Å²) in [4.78, 5) is 9.58. The number of nitrogens with zero attached hydrogens (tertiary/aromatic N) is 3. The molecule has 1 fully saturated rings. The van der Waals surface area contributed by atoms with Gasteiger partial charge in [-0.2, -0.15) is 4.98 Å². The van der Waals surface area contributed by atoms with Crippen LogP contribution in [0.2, 0.25) is 0 Å². The van der Waals surface area contributed by atoms with Gasteiger partial charge in [-0.05, 0) is 19.4 Å². The second-order valence-electron chi connectivity index (χ2n) is 4.75. The number of rotatable bonds is 4. The van der Waals surface area contributed by atoms with Crippen molar-refractivity contribution in [2.75, 3.05) is 13.1 Å². The average molecular weight is 264 g/mol. The van der Waals surface area contributed by atoms with Crippen LogP contribution in [0.5, 0.6) is 0 Å². The molecule has 0 spiro atoms. The molecule has 0 radical (unpaired) electrons. The van der Waals surface area contributed by atoms with E-state index in [2.05, 4.69) is 27.4 Å². The first-order valence-corrected chi connectivity index (χ1v) is 7.16. The number of thiazole rings is 1. The van der Waals surface area contributed by atoms with Gasteiger partial charge in [-0.25, -0.2) is 0 Å². The first kappa shape index (κ1) is 11.8. The Labute approximate surface area is 110 Å². The largest absolute Gasteiger partial charge is 0.338 e. The zero-order valence-corrected chi connectivity index (χ0v) is 11.2. The van der Waals surface area contributed by atoms with Crippen molar-refractivity contribution in [3.05, 3.63) is 17.6 Å². The van der Waals surface area contributed by atoms with Crippen LogP contribution in [0, 0.1) is 0 Å². The molecule has 0 bridgehead atoms. The summed E-state index contributed by atoms with van der Waals surface area (Å²) < 4.78 is 5.51. The molecule has 5 nitrogen and oxygen atoms in total. The van der Waals surface area contributed by atoms with E-state index in [4.69, 9.17) is 4.52 Å². The van der Waals surface area contributed by atoms with Gasteiger partial charge in [0.25, 0.3) is 0 Å². The molecular weight excluding hydrogens is 248 g/mol. The number of hydrogen-bond donors (Lipinski definition) is 1. The van der Waals surface area contributed by atoms with E-state index in [0.717, 1.165) is 43.1 Å². The van der Waals surface area contributed by atoms with E-state index in [0.29, 0.717) is 5.82 Å². The summed E-state index contributed by atoms with van der Waals surface area (Å²) in [5.74, 6) is 1.44. The summed E-state index contributed by atoms with van der Waals surface area (Å²) in [6, 6.07) is 0. The first-order valence-electron chi connectivity index (χ1n) is 6.28. The van der Waals surface area contributed by atoms with Gasteiger partial charge in [-0.1, -0.05) is 18.5 Å². The molecule has 1 aliphatic rings. The van der Waals surface area contributed by atoms with E-state index in [1.165, 1.54) is 11.3 Å².